The van der Waals surface area contributed by atoms with E-state index in [9.17, 15) is 19.2 Å². The van der Waals surface area contributed by atoms with Gasteiger partial charge in [0.05, 0.1) is 23.0 Å². The smallest absolute Gasteiger partial charge is 0.330 e. The first-order valence-electron chi connectivity index (χ1n) is 12.7. The van der Waals surface area contributed by atoms with Gasteiger partial charge >= 0.3 is 5.69 Å². The van der Waals surface area contributed by atoms with E-state index in [0.717, 1.165) is 6.42 Å². The molecule has 10 heteroatoms. The number of hydrogen-bond acceptors (Lipinski definition) is 5. The largest absolute Gasteiger partial charge is 0.383 e. The molecule has 0 fully saturated rings. The normalized spacial score (nSPS) is 11.8. The lowest BCUT2D eigenvalue weighted by Gasteiger charge is -2.28. The number of anilines is 2. The van der Waals surface area contributed by atoms with Crippen molar-refractivity contribution < 1.29 is 9.59 Å². The van der Waals surface area contributed by atoms with Crippen molar-refractivity contribution in [1.82, 2.24) is 14.9 Å². The van der Waals surface area contributed by atoms with Crippen LogP contribution in [0.15, 0.2) is 64.2 Å². The van der Waals surface area contributed by atoms with E-state index < -0.39 is 29.1 Å². The second-order valence-electron chi connectivity index (χ2n) is 9.52. The van der Waals surface area contributed by atoms with Crippen LogP contribution in [0.4, 0.5) is 11.5 Å². The molecule has 0 aliphatic carbocycles. The van der Waals surface area contributed by atoms with Gasteiger partial charge in [0.1, 0.15) is 5.82 Å². The van der Waals surface area contributed by atoms with E-state index in [4.69, 9.17) is 17.3 Å². The Morgan fingerprint density at radius 2 is 1.74 bits per heavy atom. The van der Waals surface area contributed by atoms with Crippen LogP contribution in [0.2, 0.25) is 5.02 Å². The zero-order chi connectivity index (χ0) is 27.8. The van der Waals surface area contributed by atoms with E-state index in [0.29, 0.717) is 23.6 Å². The van der Waals surface area contributed by atoms with Crippen molar-refractivity contribution in [3.63, 3.8) is 0 Å². The molecule has 0 saturated carbocycles. The summed E-state index contributed by atoms with van der Waals surface area (Å²) in [7, 11) is 0. The van der Waals surface area contributed by atoms with Gasteiger partial charge in [-0.2, -0.15) is 0 Å². The molecule has 0 aliphatic rings. The summed E-state index contributed by atoms with van der Waals surface area (Å²) >= 11 is 6.22. The van der Waals surface area contributed by atoms with Gasteiger partial charge in [-0.1, -0.05) is 81.3 Å². The molecule has 0 aliphatic heterocycles. The fourth-order valence-electron chi connectivity index (χ4n) is 4.16. The molecule has 1 atom stereocenters. The van der Waals surface area contributed by atoms with Gasteiger partial charge in [0.25, 0.3) is 11.5 Å². The summed E-state index contributed by atoms with van der Waals surface area (Å²) in [6, 6.07) is 15.0. The van der Waals surface area contributed by atoms with Gasteiger partial charge < -0.3 is 16.0 Å². The number of aromatic nitrogens is 2. The van der Waals surface area contributed by atoms with Crippen LogP contribution in [-0.4, -0.2) is 27.9 Å². The molecule has 1 heterocycles. The first-order chi connectivity index (χ1) is 18.1. The molecule has 4 N–H and O–H groups in total. The minimum absolute atomic E-state index is 0.0124. The Kier molecular flexibility index (Phi) is 9.90. The Balaban J connectivity index is 2.01. The lowest BCUT2D eigenvalue weighted by Crippen LogP contribution is -2.44. The number of nitrogens with zero attached hydrogens (tertiary/aromatic N) is 2. The monoisotopic (exact) mass is 539 g/mol. The highest BCUT2D eigenvalue weighted by Gasteiger charge is 2.28. The van der Waals surface area contributed by atoms with E-state index in [1.807, 2.05) is 51.1 Å². The third kappa shape index (κ3) is 6.92. The lowest BCUT2D eigenvalue weighted by molar-refractivity contribution is -0.119. The van der Waals surface area contributed by atoms with E-state index in [-0.39, 0.29) is 36.0 Å². The number of unbranched alkanes of at least 4 members (excludes halogenated alkanes) is 1. The van der Waals surface area contributed by atoms with Crippen molar-refractivity contribution in [2.75, 3.05) is 17.2 Å². The number of nitrogens with two attached hydrogens (primary N) is 1. The van der Waals surface area contributed by atoms with Crippen molar-refractivity contribution in [1.29, 1.82) is 0 Å². The van der Waals surface area contributed by atoms with E-state index in [1.165, 1.54) is 9.47 Å². The van der Waals surface area contributed by atoms with Crippen molar-refractivity contribution >= 4 is 34.9 Å². The second-order valence-corrected chi connectivity index (χ2v) is 9.92. The van der Waals surface area contributed by atoms with Gasteiger partial charge in [-0.05, 0) is 30.0 Å². The average molecular weight is 540 g/mol. The number of benzene rings is 2. The summed E-state index contributed by atoms with van der Waals surface area (Å²) in [5.41, 5.74) is 5.90. The standard InChI is InChI=1S/C28H34ClN5O4/c1-4-5-15-33-25(30)24(27(37)32-28(33)38)34(17-18(2)3)23(35)16-22(19-11-7-6-8-12-19)31-26(36)20-13-9-10-14-21(20)29/h6-14,18,22H,4-5,15-17,30H2,1-3H3,(H,31,36)(H,32,37,38)/t22-/m1/s1. The molecular weight excluding hydrogens is 506 g/mol. The Morgan fingerprint density at radius 1 is 1.08 bits per heavy atom. The Labute approximate surface area is 226 Å². The van der Waals surface area contributed by atoms with Crippen molar-refractivity contribution in [2.45, 2.75) is 52.6 Å². The van der Waals surface area contributed by atoms with Crippen LogP contribution in [-0.2, 0) is 11.3 Å². The van der Waals surface area contributed by atoms with E-state index in [1.54, 1.807) is 24.3 Å². The predicted molar refractivity (Wildman–Crippen MR) is 151 cm³/mol. The number of H-pyrrole nitrogens is 1. The summed E-state index contributed by atoms with van der Waals surface area (Å²) in [4.78, 5) is 55.9. The third-order valence-electron chi connectivity index (χ3n) is 6.07. The number of carbonyl (C=O) groups is 2. The van der Waals surface area contributed by atoms with Gasteiger partial charge in [0.2, 0.25) is 5.91 Å². The molecular formula is C28H34ClN5O4. The van der Waals surface area contributed by atoms with Crippen LogP contribution in [0.1, 0.15) is 62.0 Å². The highest BCUT2D eigenvalue weighted by Crippen LogP contribution is 2.25. The molecule has 9 nitrogen and oxygen atoms in total. The van der Waals surface area contributed by atoms with Gasteiger partial charge in [0, 0.05) is 13.1 Å². The van der Waals surface area contributed by atoms with Crippen LogP contribution < -0.4 is 27.2 Å². The summed E-state index contributed by atoms with van der Waals surface area (Å²) in [6.07, 6.45) is 1.34. The molecule has 1 aromatic heterocycles. The molecule has 38 heavy (non-hydrogen) atoms. The van der Waals surface area contributed by atoms with Crippen molar-refractivity contribution in [3.8, 4) is 0 Å². The third-order valence-corrected chi connectivity index (χ3v) is 6.40. The first-order valence-corrected chi connectivity index (χ1v) is 13.0. The molecule has 3 aromatic rings. The van der Waals surface area contributed by atoms with Crippen molar-refractivity contribution in [2.24, 2.45) is 5.92 Å². The number of carbonyl (C=O) groups excluding carboxylic acids is 2. The van der Waals surface area contributed by atoms with Crippen LogP contribution in [0.3, 0.4) is 0 Å². The van der Waals surface area contributed by atoms with Crippen molar-refractivity contribution in [3.05, 3.63) is 91.6 Å². The van der Waals surface area contributed by atoms with Crippen LogP contribution >= 0.6 is 11.6 Å². The summed E-state index contributed by atoms with van der Waals surface area (Å²) < 4.78 is 1.29. The molecule has 3 rings (SSSR count). The quantitative estimate of drug-likeness (QED) is 0.337. The SMILES string of the molecule is CCCCn1c(N)c(N(CC(C)C)C(=O)C[C@@H](NC(=O)c2ccccc2Cl)c2ccccc2)c(=O)[nH]c1=O. The fraction of sp³-hybridized carbons (Fsp3) is 0.357. The van der Waals surface area contributed by atoms with Gasteiger partial charge in [-0.3, -0.25) is 23.9 Å². The highest BCUT2D eigenvalue weighted by molar-refractivity contribution is 6.33. The minimum Gasteiger partial charge on any atom is -0.383 e. The molecule has 0 radical (unpaired) electrons. The number of hydrogen-bond donors (Lipinski definition) is 3. The van der Waals surface area contributed by atoms with Crippen LogP contribution in [0, 0.1) is 5.92 Å². The number of amides is 2. The highest BCUT2D eigenvalue weighted by atomic mass is 35.5. The maximum Gasteiger partial charge on any atom is 0.330 e. The molecule has 2 aromatic carbocycles. The lowest BCUT2D eigenvalue weighted by atomic mass is 10.0. The topological polar surface area (TPSA) is 130 Å². The van der Waals surface area contributed by atoms with Gasteiger partial charge in [0.15, 0.2) is 5.69 Å². The zero-order valence-corrected chi connectivity index (χ0v) is 22.6. The molecule has 202 valence electrons. The second kappa shape index (κ2) is 13.1. The van der Waals surface area contributed by atoms with Crippen LogP contribution in [0.25, 0.3) is 0 Å². The number of nitrogens with one attached hydrogen (secondary N) is 2. The van der Waals surface area contributed by atoms with Gasteiger partial charge in [-0.15, -0.1) is 0 Å². The maximum absolute atomic E-state index is 13.8. The fourth-order valence-corrected chi connectivity index (χ4v) is 4.38. The molecule has 0 bridgehead atoms. The zero-order valence-electron chi connectivity index (χ0n) is 21.9. The number of aromatic amines is 1. The van der Waals surface area contributed by atoms with Gasteiger partial charge in [-0.25, -0.2) is 4.79 Å². The average Bonchev–Trinajstić information content (AvgIpc) is 2.88. The molecule has 2 amide bonds. The Hall–Kier alpha value is -3.85. The number of rotatable bonds is 11. The molecule has 0 unspecified atom stereocenters. The van der Waals surface area contributed by atoms with Crippen LogP contribution in [0.5, 0.6) is 0 Å². The van der Waals surface area contributed by atoms with E-state index >= 15 is 0 Å². The Morgan fingerprint density at radius 3 is 2.37 bits per heavy atom. The first kappa shape index (κ1) is 28.7. The summed E-state index contributed by atoms with van der Waals surface area (Å²) in [5, 5.41) is 3.21. The number of nitrogen functional groups attached to an aromatic ring is 1. The summed E-state index contributed by atoms with van der Waals surface area (Å²) in [5.74, 6) is -0.928. The van der Waals surface area contributed by atoms with E-state index in [2.05, 4.69) is 10.3 Å². The Bertz CT molecular complexity index is 1380. The molecule has 0 spiro atoms. The number of halogens is 1. The molecule has 0 saturated heterocycles. The predicted octanol–water partition coefficient (Wildman–Crippen LogP) is 4.12. The minimum atomic E-state index is -0.731. The summed E-state index contributed by atoms with van der Waals surface area (Å²) in [6.45, 7) is 6.30. The maximum atomic E-state index is 13.8.